The molecule has 0 aliphatic rings. The molecule has 0 radical (unpaired) electrons. The molecule has 0 saturated heterocycles. The Morgan fingerprint density at radius 1 is 1.37 bits per heavy atom. The maximum atomic E-state index is 6.23. The zero-order valence-electron chi connectivity index (χ0n) is 12.1. The van der Waals surface area contributed by atoms with Crippen molar-refractivity contribution < 1.29 is 4.74 Å². The Kier molecular flexibility index (Phi) is 7.75. The fourth-order valence-electron chi connectivity index (χ4n) is 2.00. The summed E-state index contributed by atoms with van der Waals surface area (Å²) < 4.78 is 5.35. The minimum atomic E-state index is 0. The molecule has 3 nitrogen and oxygen atoms in total. The molecule has 0 aliphatic heterocycles. The van der Waals surface area contributed by atoms with Gasteiger partial charge in [0.05, 0.1) is 7.11 Å². The van der Waals surface area contributed by atoms with E-state index >= 15 is 0 Å². The van der Waals surface area contributed by atoms with Crippen LogP contribution in [0.1, 0.15) is 19.4 Å². The smallest absolute Gasteiger partial charge is 0.124 e. The van der Waals surface area contributed by atoms with Gasteiger partial charge in [-0.2, -0.15) is 0 Å². The van der Waals surface area contributed by atoms with Gasteiger partial charge in [-0.1, -0.05) is 31.5 Å². The number of benzene rings is 1. The number of nitrogens with two attached hydrogens (primary N) is 1. The first kappa shape index (κ1) is 18.5. The normalized spacial score (nSPS) is 11.3. The quantitative estimate of drug-likeness (QED) is 0.877. The maximum Gasteiger partial charge on any atom is 0.124 e. The fraction of sp³-hybridized carbons (Fsp3) is 0.571. The monoisotopic (exact) mass is 306 g/mol. The summed E-state index contributed by atoms with van der Waals surface area (Å²) >= 11 is 6.23. The largest absolute Gasteiger partial charge is 0.496 e. The minimum absolute atomic E-state index is 0. The van der Waals surface area contributed by atoms with Gasteiger partial charge in [0.2, 0.25) is 0 Å². The topological polar surface area (TPSA) is 38.5 Å². The van der Waals surface area contributed by atoms with Crippen molar-refractivity contribution in [3.63, 3.8) is 0 Å². The molecular formula is C14H24Cl2N2O. The zero-order chi connectivity index (χ0) is 13.8. The Morgan fingerprint density at radius 3 is 2.53 bits per heavy atom. The van der Waals surface area contributed by atoms with Crippen LogP contribution in [-0.4, -0.2) is 32.1 Å². The number of hydrogen-bond donors (Lipinski definition) is 1. The average Bonchev–Trinajstić information content (AvgIpc) is 2.31. The van der Waals surface area contributed by atoms with Crippen LogP contribution in [0.5, 0.6) is 5.75 Å². The Morgan fingerprint density at radius 2 is 2.00 bits per heavy atom. The molecule has 1 aromatic rings. The standard InChI is InChI=1S/C14H23ClN2O.ClH/c1-14(2,9-16)10-17(3)8-11-12(15)6-5-7-13(11)18-4;/h5-7H,8-10,16H2,1-4H3;1H. The van der Waals surface area contributed by atoms with Crippen LogP contribution >= 0.6 is 24.0 Å². The van der Waals surface area contributed by atoms with E-state index in [1.165, 1.54) is 0 Å². The molecule has 0 aromatic heterocycles. The number of ether oxygens (including phenoxy) is 1. The van der Waals surface area contributed by atoms with Crippen LogP contribution in [-0.2, 0) is 6.54 Å². The van der Waals surface area contributed by atoms with E-state index in [0.29, 0.717) is 6.54 Å². The molecule has 0 heterocycles. The second-order valence-electron chi connectivity index (χ2n) is 5.46. The summed E-state index contributed by atoms with van der Waals surface area (Å²) in [6.45, 7) is 6.65. The first-order valence-electron chi connectivity index (χ1n) is 6.09. The van der Waals surface area contributed by atoms with Gasteiger partial charge in [0.25, 0.3) is 0 Å². The lowest BCUT2D eigenvalue weighted by molar-refractivity contribution is 0.208. The van der Waals surface area contributed by atoms with Gasteiger partial charge in [0.15, 0.2) is 0 Å². The van der Waals surface area contributed by atoms with Gasteiger partial charge in [0.1, 0.15) is 5.75 Å². The number of methoxy groups -OCH3 is 1. The molecular weight excluding hydrogens is 283 g/mol. The lowest BCUT2D eigenvalue weighted by Gasteiger charge is -2.29. The van der Waals surface area contributed by atoms with Crippen LogP contribution in [0, 0.1) is 5.41 Å². The van der Waals surface area contributed by atoms with Crippen molar-refractivity contribution >= 4 is 24.0 Å². The fourth-order valence-corrected chi connectivity index (χ4v) is 2.23. The van der Waals surface area contributed by atoms with Crippen molar-refractivity contribution in [1.29, 1.82) is 0 Å². The van der Waals surface area contributed by atoms with Gasteiger partial charge < -0.3 is 15.4 Å². The molecule has 0 amide bonds. The lowest BCUT2D eigenvalue weighted by atomic mass is 9.93. The Balaban J connectivity index is 0.00000324. The third kappa shape index (κ3) is 5.57. The van der Waals surface area contributed by atoms with E-state index in [2.05, 4.69) is 25.8 Å². The Hall–Kier alpha value is -0.480. The van der Waals surface area contributed by atoms with Crippen molar-refractivity contribution in [2.24, 2.45) is 11.1 Å². The molecule has 19 heavy (non-hydrogen) atoms. The molecule has 1 aromatic carbocycles. The molecule has 0 unspecified atom stereocenters. The van der Waals surface area contributed by atoms with Crippen LogP contribution in [0.4, 0.5) is 0 Å². The molecule has 0 spiro atoms. The van der Waals surface area contributed by atoms with Crippen LogP contribution in [0.15, 0.2) is 18.2 Å². The summed E-state index contributed by atoms with van der Waals surface area (Å²) in [5, 5.41) is 0.742. The van der Waals surface area contributed by atoms with Gasteiger partial charge in [0, 0.05) is 23.7 Å². The molecule has 5 heteroatoms. The maximum absolute atomic E-state index is 6.23. The SMILES string of the molecule is COc1cccc(Cl)c1CN(C)CC(C)(C)CN.Cl. The van der Waals surface area contributed by atoms with Crippen molar-refractivity contribution in [3.05, 3.63) is 28.8 Å². The molecule has 0 saturated carbocycles. The van der Waals surface area contributed by atoms with Crippen LogP contribution in [0.3, 0.4) is 0 Å². The van der Waals surface area contributed by atoms with E-state index in [0.717, 1.165) is 29.4 Å². The van der Waals surface area contributed by atoms with Crippen LogP contribution in [0.25, 0.3) is 0 Å². The first-order chi connectivity index (χ1) is 8.39. The van der Waals surface area contributed by atoms with Gasteiger partial charge in [-0.25, -0.2) is 0 Å². The van der Waals surface area contributed by atoms with Crippen molar-refractivity contribution in [3.8, 4) is 5.75 Å². The van der Waals surface area contributed by atoms with E-state index in [1.54, 1.807) is 7.11 Å². The van der Waals surface area contributed by atoms with Gasteiger partial charge >= 0.3 is 0 Å². The first-order valence-corrected chi connectivity index (χ1v) is 6.47. The molecule has 0 fully saturated rings. The summed E-state index contributed by atoms with van der Waals surface area (Å²) in [6, 6.07) is 5.72. The van der Waals surface area contributed by atoms with Crippen LogP contribution in [0.2, 0.25) is 5.02 Å². The highest BCUT2D eigenvalue weighted by molar-refractivity contribution is 6.31. The number of rotatable bonds is 6. The highest BCUT2D eigenvalue weighted by atomic mass is 35.5. The molecule has 1 rings (SSSR count). The zero-order valence-corrected chi connectivity index (χ0v) is 13.6. The number of halogens is 2. The lowest BCUT2D eigenvalue weighted by Crippen LogP contribution is -2.36. The second kappa shape index (κ2) is 7.95. The predicted octanol–water partition coefficient (Wildman–Crippen LogP) is 3.19. The highest BCUT2D eigenvalue weighted by Gasteiger charge is 2.19. The summed E-state index contributed by atoms with van der Waals surface area (Å²) in [5.74, 6) is 0.833. The average molecular weight is 307 g/mol. The molecule has 2 N–H and O–H groups in total. The minimum Gasteiger partial charge on any atom is -0.496 e. The van der Waals surface area contributed by atoms with Gasteiger partial charge in [-0.3, -0.25) is 0 Å². The Bertz CT molecular complexity index is 397. The third-order valence-corrected chi connectivity index (χ3v) is 3.33. The van der Waals surface area contributed by atoms with Crippen molar-refractivity contribution in [2.45, 2.75) is 20.4 Å². The number of nitrogens with zero attached hydrogens (tertiary/aromatic N) is 1. The second-order valence-corrected chi connectivity index (χ2v) is 5.87. The predicted molar refractivity (Wildman–Crippen MR) is 84.4 cm³/mol. The van der Waals surface area contributed by atoms with E-state index in [4.69, 9.17) is 22.1 Å². The van der Waals surface area contributed by atoms with Crippen LogP contribution < -0.4 is 10.5 Å². The van der Waals surface area contributed by atoms with E-state index in [1.807, 2.05) is 18.2 Å². The molecule has 0 aliphatic carbocycles. The van der Waals surface area contributed by atoms with Crippen molar-refractivity contribution in [2.75, 3.05) is 27.2 Å². The summed E-state index contributed by atoms with van der Waals surface area (Å²) in [4.78, 5) is 2.22. The van der Waals surface area contributed by atoms with E-state index in [9.17, 15) is 0 Å². The van der Waals surface area contributed by atoms with Gasteiger partial charge in [-0.05, 0) is 31.1 Å². The van der Waals surface area contributed by atoms with Gasteiger partial charge in [-0.15, -0.1) is 12.4 Å². The summed E-state index contributed by atoms with van der Waals surface area (Å²) in [5.41, 5.74) is 6.88. The summed E-state index contributed by atoms with van der Waals surface area (Å²) in [7, 11) is 3.74. The molecule has 110 valence electrons. The van der Waals surface area contributed by atoms with E-state index < -0.39 is 0 Å². The highest BCUT2D eigenvalue weighted by Crippen LogP contribution is 2.28. The number of hydrogen-bond acceptors (Lipinski definition) is 3. The Labute approximate surface area is 127 Å². The molecule has 0 atom stereocenters. The molecule has 0 bridgehead atoms. The van der Waals surface area contributed by atoms with E-state index in [-0.39, 0.29) is 17.8 Å². The third-order valence-electron chi connectivity index (χ3n) is 2.97. The van der Waals surface area contributed by atoms with Crippen molar-refractivity contribution in [1.82, 2.24) is 4.90 Å². The summed E-state index contributed by atoms with van der Waals surface area (Å²) in [6.07, 6.45) is 0.